The van der Waals surface area contributed by atoms with Gasteiger partial charge in [-0.1, -0.05) is 18.2 Å². The Morgan fingerprint density at radius 3 is 2.23 bits per heavy atom. The third kappa shape index (κ3) is 3.85. The van der Waals surface area contributed by atoms with Crippen molar-refractivity contribution in [1.82, 2.24) is 9.47 Å². The molecule has 1 aromatic heterocycles. The lowest BCUT2D eigenvalue weighted by atomic mass is 10.1. The van der Waals surface area contributed by atoms with E-state index in [0.29, 0.717) is 13.1 Å². The molecule has 1 amide bonds. The number of benzene rings is 2. The average Bonchev–Trinajstić information content (AvgIpc) is 3.10. The number of methoxy groups -OCH3 is 1. The molecule has 3 aromatic rings. The molecule has 4 rings (SSSR count). The lowest BCUT2D eigenvalue weighted by Crippen LogP contribution is -2.48. The molecule has 0 saturated carbocycles. The highest BCUT2D eigenvalue weighted by Gasteiger charge is 2.29. The molecule has 1 aliphatic rings. The molecule has 1 saturated heterocycles. The third-order valence-electron chi connectivity index (χ3n) is 5.58. The van der Waals surface area contributed by atoms with Gasteiger partial charge >= 0.3 is 0 Å². The number of amides is 1. The number of ether oxygens (including phenoxy) is 2. The van der Waals surface area contributed by atoms with Crippen LogP contribution in [0.4, 0.5) is 0 Å². The van der Waals surface area contributed by atoms with Crippen LogP contribution in [-0.2, 0) is 4.74 Å². The van der Waals surface area contributed by atoms with Crippen LogP contribution < -0.4 is 4.74 Å². The van der Waals surface area contributed by atoms with Crippen LogP contribution in [-0.4, -0.2) is 47.8 Å². The van der Waals surface area contributed by atoms with E-state index in [1.165, 1.54) is 0 Å². The minimum atomic E-state index is 0.0373. The fraction of sp³-hybridized carbons (Fsp3) is 0.320. The summed E-state index contributed by atoms with van der Waals surface area (Å²) < 4.78 is 13.3. The van der Waals surface area contributed by atoms with E-state index in [1.807, 2.05) is 74.2 Å². The van der Waals surface area contributed by atoms with Crippen molar-refractivity contribution in [2.24, 2.45) is 0 Å². The van der Waals surface area contributed by atoms with Gasteiger partial charge in [0.15, 0.2) is 0 Å². The van der Waals surface area contributed by atoms with Crippen molar-refractivity contribution in [1.29, 1.82) is 0 Å². The zero-order valence-electron chi connectivity index (χ0n) is 18.0. The summed E-state index contributed by atoms with van der Waals surface area (Å²) in [4.78, 5) is 15.4. The highest BCUT2D eigenvalue weighted by atomic mass is 16.5. The van der Waals surface area contributed by atoms with Crippen LogP contribution in [0.2, 0.25) is 0 Å². The van der Waals surface area contributed by atoms with E-state index in [-0.39, 0.29) is 18.1 Å². The van der Waals surface area contributed by atoms with E-state index >= 15 is 0 Å². The normalized spacial score (nSPS) is 19.0. The molecule has 1 fully saturated rings. The van der Waals surface area contributed by atoms with Crippen molar-refractivity contribution in [2.75, 3.05) is 20.2 Å². The van der Waals surface area contributed by atoms with Crippen molar-refractivity contribution in [2.45, 2.75) is 33.0 Å². The third-order valence-corrected chi connectivity index (χ3v) is 5.58. The Morgan fingerprint density at radius 1 is 1.00 bits per heavy atom. The summed E-state index contributed by atoms with van der Waals surface area (Å²) in [6.45, 7) is 7.26. The zero-order valence-corrected chi connectivity index (χ0v) is 18.0. The van der Waals surface area contributed by atoms with Gasteiger partial charge in [-0.3, -0.25) is 4.79 Å². The Labute approximate surface area is 177 Å². The van der Waals surface area contributed by atoms with Crippen LogP contribution in [0.15, 0.2) is 60.7 Å². The summed E-state index contributed by atoms with van der Waals surface area (Å²) in [5.74, 6) is 0.861. The Balaban J connectivity index is 1.80. The van der Waals surface area contributed by atoms with Gasteiger partial charge in [0.05, 0.1) is 30.6 Å². The van der Waals surface area contributed by atoms with Crippen LogP contribution in [0.1, 0.15) is 29.9 Å². The van der Waals surface area contributed by atoms with Gasteiger partial charge in [-0.05, 0) is 68.8 Å². The molecule has 0 radical (unpaired) electrons. The first-order valence-electron chi connectivity index (χ1n) is 10.3. The molecule has 2 aromatic carbocycles. The standard InChI is InChI=1S/C25H28N2O3/c1-17-15-26(16-18(2)30-17)25(28)23-14-24(20-10-12-22(29-4)13-11-20)27(19(23)3)21-8-6-5-7-9-21/h5-14,17-18H,15-16H2,1-4H3/t17-,18-/m0/s1. The summed E-state index contributed by atoms with van der Waals surface area (Å²) in [6.07, 6.45) is 0.0746. The summed E-state index contributed by atoms with van der Waals surface area (Å²) in [6, 6.07) is 20.1. The first kappa shape index (κ1) is 20.2. The molecule has 30 heavy (non-hydrogen) atoms. The predicted octanol–water partition coefficient (Wildman–Crippen LogP) is 4.71. The van der Waals surface area contributed by atoms with Gasteiger partial charge in [-0.15, -0.1) is 0 Å². The minimum absolute atomic E-state index is 0.0373. The molecule has 0 bridgehead atoms. The smallest absolute Gasteiger partial charge is 0.255 e. The Morgan fingerprint density at radius 2 is 1.63 bits per heavy atom. The van der Waals surface area contributed by atoms with Gasteiger partial charge in [0.2, 0.25) is 0 Å². The van der Waals surface area contributed by atoms with Crippen LogP contribution in [0.3, 0.4) is 0 Å². The highest BCUT2D eigenvalue weighted by Crippen LogP contribution is 2.31. The molecule has 0 spiro atoms. The van der Waals surface area contributed by atoms with Crippen LogP contribution in [0, 0.1) is 6.92 Å². The maximum absolute atomic E-state index is 13.5. The molecule has 0 unspecified atom stereocenters. The number of nitrogens with zero attached hydrogens (tertiary/aromatic N) is 2. The maximum Gasteiger partial charge on any atom is 0.255 e. The highest BCUT2D eigenvalue weighted by molar-refractivity contribution is 5.97. The maximum atomic E-state index is 13.5. The number of carbonyl (C=O) groups excluding carboxylic acids is 1. The van der Waals surface area contributed by atoms with E-state index in [2.05, 4.69) is 16.7 Å². The topological polar surface area (TPSA) is 43.7 Å². The average molecular weight is 405 g/mol. The van der Waals surface area contributed by atoms with Crippen LogP contribution in [0.25, 0.3) is 16.9 Å². The summed E-state index contributed by atoms with van der Waals surface area (Å²) >= 11 is 0. The Bertz CT molecular complexity index is 1010. The van der Waals surface area contributed by atoms with Crippen molar-refractivity contribution >= 4 is 5.91 Å². The molecule has 5 nitrogen and oxygen atoms in total. The Hall–Kier alpha value is -3.05. The summed E-state index contributed by atoms with van der Waals surface area (Å²) in [5.41, 5.74) is 4.71. The second-order valence-corrected chi connectivity index (χ2v) is 7.90. The summed E-state index contributed by atoms with van der Waals surface area (Å²) in [5, 5.41) is 0. The molecule has 1 aliphatic heterocycles. The van der Waals surface area contributed by atoms with Crippen LogP contribution in [0.5, 0.6) is 5.75 Å². The second kappa shape index (κ2) is 8.36. The predicted molar refractivity (Wildman–Crippen MR) is 118 cm³/mol. The Kier molecular flexibility index (Phi) is 5.64. The van der Waals surface area contributed by atoms with Crippen molar-refractivity contribution in [3.05, 3.63) is 71.9 Å². The number of morpholine rings is 1. The van der Waals surface area contributed by atoms with Crippen LogP contribution >= 0.6 is 0 Å². The number of hydrogen-bond acceptors (Lipinski definition) is 3. The number of para-hydroxylation sites is 1. The van der Waals surface area contributed by atoms with Gasteiger partial charge in [0.1, 0.15) is 5.75 Å². The molecule has 5 heteroatoms. The lowest BCUT2D eigenvalue weighted by molar-refractivity contribution is -0.0586. The van der Waals surface area contributed by atoms with Gasteiger partial charge in [-0.25, -0.2) is 0 Å². The van der Waals surface area contributed by atoms with Gasteiger partial charge in [0.25, 0.3) is 5.91 Å². The van der Waals surface area contributed by atoms with E-state index in [0.717, 1.165) is 34.0 Å². The number of carbonyl (C=O) groups is 1. The zero-order chi connectivity index (χ0) is 21.3. The first-order chi connectivity index (χ1) is 14.5. The lowest BCUT2D eigenvalue weighted by Gasteiger charge is -2.35. The number of aromatic nitrogens is 1. The SMILES string of the molecule is COc1ccc(-c2cc(C(=O)N3C[C@H](C)O[C@@H](C)C3)c(C)n2-c2ccccc2)cc1. The molecule has 0 N–H and O–H groups in total. The van der Waals surface area contributed by atoms with Gasteiger partial charge < -0.3 is 18.9 Å². The molecule has 2 heterocycles. The molecule has 2 atom stereocenters. The first-order valence-corrected chi connectivity index (χ1v) is 10.3. The fourth-order valence-corrected chi connectivity index (χ4v) is 4.22. The van der Waals surface area contributed by atoms with Crippen molar-refractivity contribution in [3.63, 3.8) is 0 Å². The quantitative estimate of drug-likeness (QED) is 0.632. The summed E-state index contributed by atoms with van der Waals surface area (Å²) in [7, 11) is 1.66. The second-order valence-electron chi connectivity index (χ2n) is 7.90. The largest absolute Gasteiger partial charge is 0.497 e. The molecule has 0 aliphatic carbocycles. The van der Waals surface area contributed by atoms with Crippen molar-refractivity contribution < 1.29 is 14.3 Å². The van der Waals surface area contributed by atoms with Gasteiger partial charge in [-0.2, -0.15) is 0 Å². The van der Waals surface area contributed by atoms with E-state index in [9.17, 15) is 4.79 Å². The fourth-order valence-electron chi connectivity index (χ4n) is 4.22. The number of hydrogen-bond donors (Lipinski definition) is 0. The van der Waals surface area contributed by atoms with E-state index in [1.54, 1.807) is 7.11 Å². The van der Waals surface area contributed by atoms with E-state index < -0.39 is 0 Å². The van der Waals surface area contributed by atoms with Crippen molar-refractivity contribution in [3.8, 4) is 22.7 Å². The van der Waals surface area contributed by atoms with Gasteiger partial charge in [0, 0.05) is 24.5 Å². The molecular weight excluding hydrogens is 376 g/mol. The monoisotopic (exact) mass is 404 g/mol. The minimum Gasteiger partial charge on any atom is -0.497 e. The van der Waals surface area contributed by atoms with E-state index in [4.69, 9.17) is 9.47 Å². The molecule has 156 valence electrons. The number of rotatable bonds is 4. The molecular formula is C25H28N2O3.